The normalized spacial score (nSPS) is 10.5. The maximum absolute atomic E-state index is 13.0. The average Bonchev–Trinajstić information content (AvgIpc) is 2.65. The third kappa shape index (κ3) is 5.28. The fraction of sp³-hybridized carbons (Fsp3) is 0.143. The number of halogens is 1. The van der Waals surface area contributed by atoms with Gasteiger partial charge in [-0.1, -0.05) is 0 Å². The molecule has 1 heterocycles. The summed E-state index contributed by atoms with van der Waals surface area (Å²) in [5.74, 6) is 0.162. The van der Waals surface area contributed by atoms with Gasteiger partial charge in [0.15, 0.2) is 0 Å². The minimum absolute atomic E-state index is 0.0906. The van der Waals surface area contributed by atoms with E-state index in [-0.39, 0.29) is 17.8 Å². The van der Waals surface area contributed by atoms with E-state index in [1.807, 2.05) is 13.8 Å². The summed E-state index contributed by atoms with van der Waals surface area (Å²) in [6.45, 7) is 3.91. The van der Waals surface area contributed by atoms with Crippen molar-refractivity contribution in [1.29, 1.82) is 0 Å². The number of nitrogens with one attached hydrogen (secondary N) is 2. The van der Waals surface area contributed by atoms with Gasteiger partial charge in [-0.25, -0.2) is 4.39 Å². The van der Waals surface area contributed by atoms with E-state index in [9.17, 15) is 9.18 Å². The number of rotatable bonds is 6. The molecule has 138 valence electrons. The van der Waals surface area contributed by atoms with Crippen molar-refractivity contribution in [1.82, 2.24) is 4.98 Å². The van der Waals surface area contributed by atoms with Crippen LogP contribution in [-0.2, 0) is 0 Å². The lowest BCUT2D eigenvalue weighted by molar-refractivity contribution is 0.102. The van der Waals surface area contributed by atoms with Crippen LogP contribution in [0, 0.1) is 5.82 Å². The monoisotopic (exact) mass is 365 g/mol. The Morgan fingerprint density at radius 2 is 1.63 bits per heavy atom. The van der Waals surface area contributed by atoms with Crippen molar-refractivity contribution in [2.45, 2.75) is 20.0 Å². The Hall–Kier alpha value is -3.41. The van der Waals surface area contributed by atoms with Gasteiger partial charge in [-0.2, -0.15) is 0 Å². The lowest BCUT2D eigenvalue weighted by Crippen LogP contribution is -2.12. The van der Waals surface area contributed by atoms with Crippen LogP contribution in [0.3, 0.4) is 0 Å². The molecule has 0 aliphatic carbocycles. The third-order valence-corrected chi connectivity index (χ3v) is 3.62. The molecule has 0 fully saturated rings. The number of ether oxygens (including phenoxy) is 1. The Balaban J connectivity index is 1.67. The van der Waals surface area contributed by atoms with Gasteiger partial charge in [-0.3, -0.25) is 9.78 Å². The van der Waals surface area contributed by atoms with Gasteiger partial charge in [-0.15, -0.1) is 0 Å². The molecule has 0 aliphatic rings. The van der Waals surface area contributed by atoms with Crippen LogP contribution in [0.2, 0.25) is 0 Å². The number of hydrogen-bond acceptors (Lipinski definition) is 4. The molecular formula is C21H20FN3O2. The van der Waals surface area contributed by atoms with Gasteiger partial charge >= 0.3 is 0 Å². The van der Waals surface area contributed by atoms with Crippen molar-refractivity contribution in [3.63, 3.8) is 0 Å². The van der Waals surface area contributed by atoms with Gasteiger partial charge in [0, 0.05) is 17.6 Å². The van der Waals surface area contributed by atoms with Crippen LogP contribution >= 0.6 is 0 Å². The zero-order chi connectivity index (χ0) is 19.2. The van der Waals surface area contributed by atoms with Crippen LogP contribution in [0.1, 0.15) is 24.2 Å². The molecule has 0 atom stereocenters. The number of carbonyl (C=O) groups excluding carboxylic acids is 1. The lowest BCUT2D eigenvalue weighted by atomic mass is 10.2. The molecule has 0 spiro atoms. The molecule has 2 aromatic carbocycles. The number of pyridine rings is 1. The molecule has 2 N–H and O–H groups in total. The highest BCUT2D eigenvalue weighted by Gasteiger charge is 2.08. The summed E-state index contributed by atoms with van der Waals surface area (Å²) in [4.78, 5) is 16.6. The molecule has 0 aliphatic heterocycles. The standard InChI is InChI=1S/C21H20FN3O2/c1-14(2)27-20-9-7-18(8-10-20)25-21(26)15-11-19(13-23-12-15)24-17-5-3-16(22)4-6-17/h3-14,24H,1-2H3,(H,25,26). The van der Waals surface area contributed by atoms with Gasteiger partial charge < -0.3 is 15.4 Å². The number of anilines is 3. The summed E-state index contributed by atoms with van der Waals surface area (Å²) < 4.78 is 18.6. The second-order valence-corrected chi connectivity index (χ2v) is 6.24. The zero-order valence-electron chi connectivity index (χ0n) is 15.1. The fourth-order valence-electron chi connectivity index (χ4n) is 2.42. The molecule has 1 amide bonds. The Bertz CT molecular complexity index is 909. The van der Waals surface area contributed by atoms with E-state index in [2.05, 4.69) is 15.6 Å². The molecule has 27 heavy (non-hydrogen) atoms. The SMILES string of the molecule is CC(C)Oc1ccc(NC(=O)c2cncc(Nc3ccc(F)cc3)c2)cc1. The van der Waals surface area contributed by atoms with Crippen LogP contribution in [0.4, 0.5) is 21.5 Å². The van der Waals surface area contributed by atoms with Crippen LogP contribution in [-0.4, -0.2) is 17.0 Å². The second-order valence-electron chi connectivity index (χ2n) is 6.24. The molecule has 6 heteroatoms. The minimum Gasteiger partial charge on any atom is -0.491 e. The Kier molecular flexibility index (Phi) is 5.66. The summed E-state index contributed by atoms with van der Waals surface area (Å²) in [6.07, 6.45) is 3.17. The van der Waals surface area contributed by atoms with E-state index in [1.54, 1.807) is 48.7 Å². The largest absolute Gasteiger partial charge is 0.491 e. The first-order valence-corrected chi connectivity index (χ1v) is 8.55. The van der Waals surface area contributed by atoms with Gasteiger partial charge in [0.2, 0.25) is 0 Å². The van der Waals surface area contributed by atoms with E-state index < -0.39 is 0 Å². The maximum Gasteiger partial charge on any atom is 0.257 e. The van der Waals surface area contributed by atoms with E-state index in [4.69, 9.17) is 4.74 Å². The van der Waals surface area contributed by atoms with E-state index in [1.165, 1.54) is 18.3 Å². The highest BCUT2D eigenvalue weighted by Crippen LogP contribution is 2.20. The van der Waals surface area contributed by atoms with E-state index in [0.717, 1.165) is 5.75 Å². The topological polar surface area (TPSA) is 63.2 Å². The van der Waals surface area contributed by atoms with Crippen molar-refractivity contribution >= 4 is 23.0 Å². The molecule has 0 bridgehead atoms. The molecule has 3 rings (SSSR count). The number of nitrogens with zero attached hydrogens (tertiary/aromatic N) is 1. The van der Waals surface area contributed by atoms with Crippen LogP contribution in [0.5, 0.6) is 5.75 Å². The van der Waals surface area contributed by atoms with Crippen molar-refractivity contribution in [3.05, 3.63) is 78.4 Å². The molecule has 1 aromatic heterocycles. The Morgan fingerprint density at radius 3 is 2.30 bits per heavy atom. The van der Waals surface area contributed by atoms with Crippen molar-refractivity contribution < 1.29 is 13.9 Å². The first-order chi connectivity index (χ1) is 13.0. The van der Waals surface area contributed by atoms with Gasteiger partial charge in [0.05, 0.1) is 23.6 Å². The van der Waals surface area contributed by atoms with Crippen LogP contribution < -0.4 is 15.4 Å². The first-order valence-electron chi connectivity index (χ1n) is 8.55. The Morgan fingerprint density at radius 1 is 0.963 bits per heavy atom. The predicted molar refractivity (Wildman–Crippen MR) is 104 cm³/mol. The molecule has 3 aromatic rings. The second kappa shape index (κ2) is 8.31. The van der Waals surface area contributed by atoms with Crippen molar-refractivity contribution in [3.8, 4) is 5.75 Å². The summed E-state index contributed by atoms with van der Waals surface area (Å²) in [6, 6.07) is 14.8. The molecule has 5 nitrogen and oxygen atoms in total. The smallest absolute Gasteiger partial charge is 0.257 e. The van der Waals surface area contributed by atoms with Gasteiger partial charge in [-0.05, 0) is 68.4 Å². The van der Waals surface area contributed by atoms with Gasteiger partial charge in [0.25, 0.3) is 5.91 Å². The van der Waals surface area contributed by atoms with Crippen LogP contribution in [0.15, 0.2) is 67.0 Å². The predicted octanol–water partition coefficient (Wildman–Crippen LogP) is 5.00. The summed E-state index contributed by atoms with van der Waals surface area (Å²) in [5.41, 5.74) is 2.41. The zero-order valence-corrected chi connectivity index (χ0v) is 15.1. The summed E-state index contributed by atoms with van der Waals surface area (Å²) in [5, 5.41) is 5.92. The lowest BCUT2D eigenvalue weighted by Gasteiger charge is -2.11. The molecule has 0 radical (unpaired) electrons. The average molecular weight is 365 g/mol. The molecule has 0 unspecified atom stereocenters. The number of hydrogen-bond donors (Lipinski definition) is 2. The van der Waals surface area contributed by atoms with Crippen LogP contribution in [0.25, 0.3) is 0 Å². The molecule has 0 saturated carbocycles. The molecular weight excluding hydrogens is 345 g/mol. The summed E-state index contributed by atoms with van der Waals surface area (Å²) >= 11 is 0. The Labute approximate surface area is 157 Å². The highest BCUT2D eigenvalue weighted by atomic mass is 19.1. The fourth-order valence-corrected chi connectivity index (χ4v) is 2.42. The van der Waals surface area contributed by atoms with E-state index in [0.29, 0.717) is 22.6 Å². The molecule has 0 saturated heterocycles. The number of aromatic nitrogens is 1. The van der Waals surface area contributed by atoms with Crippen molar-refractivity contribution in [2.24, 2.45) is 0 Å². The van der Waals surface area contributed by atoms with Gasteiger partial charge in [0.1, 0.15) is 11.6 Å². The number of benzene rings is 2. The quantitative estimate of drug-likeness (QED) is 0.645. The first kappa shape index (κ1) is 18.4. The maximum atomic E-state index is 13.0. The van der Waals surface area contributed by atoms with Crippen molar-refractivity contribution in [2.75, 3.05) is 10.6 Å². The number of carbonyl (C=O) groups is 1. The van der Waals surface area contributed by atoms with E-state index >= 15 is 0 Å². The third-order valence-electron chi connectivity index (χ3n) is 3.62. The summed E-state index contributed by atoms with van der Waals surface area (Å²) in [7, 11) is 0. The highest BCUT2D eigenvalue weighted by molar-refractivity contribution is 6.04. The minimum atomic E-state index is -0.309. The number of amides is 1.